The molecule has 0 saturated heterocycles. The molecule has 2 aromatic carbocycles. The van der Waals surface area contributed by atoms with Crippen LogP contribution in [0.5, 0.6) is 0 Å². The van der Waals surface area contributed by atoms with Crippen LogP contribution in [0, 0.1) is 5.82 Å². The molecular formula is C20H21FN2O5S3. The zero-order valence-corrected chi connectivity index (χ0v) is 19.4. The molecule has 0 N–H and O–H groups in total. The first kappa shape index (κ1) is 23.3. The van der Waals surface area contributed by atoms with Crippen molar-refractivity contribution < 1.29 is 26.0 Å². The Labute approximate surface area is 183 Å². The van der Waals surface area contributed by atoms with Crippen molar-refractivity contribution in [3.05, 3.63) is 53.1 Å². The monoisotopic (exact) mass is 484 g/mol. The Kier molecular flexibility index (Phi) is 6.77. The molecule has 0 radical (unpaired) electrons. The molecule has 11 heteroatoms. The van der Waals surface area contributed by atoms with Gasteiger partial charge in [0.1, 0.15) is 5.82 Å². The van der Waals surface area contributed by atoms with E-state index in [4.69, 9.17) is 0 Å². The van der Waals surface area contributed by atoms with Gasteiger partial charge < -0.3 is 4.57 Å². The van der Waals surface area contributed by atoms with E-state index in [9.17, 15) is 26.0 Å². The van der Waals surface area contributed by atoms with Crippen LogP contribution in [0.2, 0.25) is 0 Å². The molecule has 0 aliphatic rings. The predicted octanol–water partition coefficient (Wildman–Crippen LogP) is 2.95. The fourth-order valence-corrected chi connectivity index (χ4v) is 6.02. The average Bonchev–Trinajstić information content (AvgIpc) is 3.03. The third-order valence-corrected chi connectivity index (χ3v) is 8.39. The number of hydrogen-bond acceptors (Lipinski definition) is 6. The van der Waals surface area contributed by atoms with E-state index in [0.717, 1.165) is 42.5 Å². The SMILES string of the molecule is CCCn1c(=NC(=O)CCS(=O)(=O)c2ccc(F)cc2)sc2cc(S(C)(=O)=O)ccc21. The summed E-state index contributed by atoms with van der Waals surface area (Å²) in [5, 5.41) is 0. The summed E-state index contributed by atoms with van der Waals surface area (Å²) in [7, 11) is -7.13. The van der Waals surface area contributed by atoms with Gasteiger partial charge in [-0.2, -0.15) is 4.99 Å². The highest BCUT2D eigenvalue weighted by atomic mass is 32.2. The van der Waals surface area contributed by atoms with Crippen LogP contribution in [0.1, 0.15) is 19.8 Å². The van der Waals surface area contributed by atoms with E-state index in [1.54, 1.807) is 12.1 Å². The number of aryl methyl sites for hydroxylation is 1. The summed E-state index contributed by atoms with van der Waals surface area (Å²) < 4.78 is 63.9. The zero-order valence-electron chi connectivity index (χ0n) is 16.9. The topological polar surface area (TPSA) is 103 Å². The number of benzene rings is 2. The summed E-state index contributed by atoms with van der Waals surface area (Å²) in [6, 6.07) is 9.16. The van der Waals surface area contributed by atoms with Crippen LogP contribution in [0.4, 0.5) is 4.39 Å². The Morgan fingerprint density at radius 3 is 2.32 bits per heavy atom. The van der Waals surface area contributed by atoms with Crippen molar-refractivity contribution in [2.24, 2.45) is 4.99 Å². The number of halogens is 1. The number of hydrogen-bond donors (Lipinski definition) is 0. The van der Waals surface area contributed by atoms with Crippen molar-refractivity contribution in [3.8, 4) is 0 Å². The van der Waals surface area contributed by atoms with Gasteiger partial charge in [-0.15, -0.1) is 0 Å². The molecule has 0 saturated carbocycles. The molecule has 31 heavy (non-hydrogen) atoms. The summed E-state index contributed by atoms with van der Waals surface area (Å²) in [6.45, 7) is 2.53. The summed E-state index contributed by atoms with van der Waals surface area (Å²) in [5.74, 6) is -1.60. The largest absolute Gasteiger partial charge is 0.316 e. The summed E-state index contributed by atoms with van der Waals surface area (Å²) >= 11 is 1.17. The number of carbonyl (C=O) groups excluding carboxylic acids is 1. The van der Waals surface area contributed by atoms with Gasteiger partial charge in [-0.25, -0.2) is 21.2 Å². The number of thiazole rings is 1. The van der Waals surface area contributed by atoms with Crippen LogP contribution >= 0.6 is 11.3 Å². The molecule has 0 bridgehead atoms. The Morgan fingerprint density at radius 2 is 1.71 bits per heavy atom. The van der Waals surface area contributed by atoms with Crippen LogP contribution in [0.3, 0.4) is 0 Å². The molecule has 1 amide bonds. The highest BCUT2D eigenvalue weighted by Crippen LogP contribution is 2.22. The molecule has 1 aromatic heterocycles. The molecule has 0 aliphatic carbocycles. The fourth-order valence-electron chi connectivity index (χ4n) is 2.95. The van der Waals surface area contributed by atoms with Crippen LogP contribution in [-0.2, 0) is 31.0 Å². The molecular weight excluding hydrogens is 463 g/mol. The molecule has 7 nitrogen and oxygen atoms in total. The summed E-state index contributed by atoms with van der Waals surface area (Å²) in [4.78, 5) is 17.0. The van der Waals surface area contributed by atoms with Crippen molar-refractivity contribution in [2.45, 2.75) is 36.1 Å². The first-order chi connectivity index (χ1) is 14.5. The second-order valence-corrected chi connectivity index (χ2v) is 12.1. The normalized spacial score (nSPS) is 13.1. The Bertz CT molecular complexity index is 1400. The number of sulfone groups is 2. The van der Waals surface area contributed by atoms with Crippen LogP contribution in [-0.4, -0.2) is 39.3 Å². The van der Waals surface area contributed by atoms with Gasteiger partial charge in [0, 0.05) is 19.2 Å². The lowest BCUT2D eigenvalue weighted by molar-refractivity contribution is -0.117. The molecule has 1 heterocycles. The maximum atomic E-state index is 13.0. The minimum Gasteiger partial charge on any atom is -0.316 e. The van der Waals surface area contributed by atoms with Gasteiger partial charge in [-0.3, -0.25) is 4.79 Å². The second-order valence-electron chi connectivity index (χ2n) is 6.97. The smallest absolute Gasteiger partial charge is 0.249 e. The van der Waals surface area contributed by atoms with Gasteiger partial charge in [0.05, 0.1) is 25.8 Å². The van der Waals surface area contributed by atoms with Crippen molar-refractivity contribution in [2.75, 3.05) is 12.0 Å². The Balaban J connectivity index is 1.90. The third kappa shape index (κ3) is 5.46. The van der Waals surface area contributed by atoms with Gasteiger partial charge in [-0.1, -0.05) is 18.3 Å². The van der Waals surface area contributed by atoms with E-state index in [1.165, 1.54) is 17.4 Å². The third-order valence-electron chi connectivity index (χ3n) is 4.51. The number of carbonyl (C=O) groups is 1. The van der Waals surface area contributed by atoms with E-state index in [1.807, 2.05) is 11.5 Å². The molecule has 0 fully saturated rings. The number of amides is 1. The van der Waals surface area contributed by atoms with E-state index < -0.39 is 37.2 Å². The lowest BCUT2D eigenvalue weighted by Gasteiger charge is -2.04. The van der Waals surface area contributed by atoms with Crippen molar-refractivity contribution >= 4 is 47.1 Å². The van der Waals surface area contributed by atoms with Crippen molar-refractivity contribution in [1.82, 2.24) is 4.57 Å². The van der Waals surface area contributed by atoms with Gasteiger partial charge in [-0.05, 0) is 48.9 Å². The molecule has 166 valence electrons. The predicted molar refractivity (Wildman–Crippen MR) is 117 cm³/mol. The number of rotatable bonds is 7. The maximum Gasteiger partial charge on any atom is 0.249 e. The lowest BCUT2D eigenvalue weighted by Crippen LogP contribution is -2.18. The van der Waals surface area contributed by atoms with Crippen LogP contribution < -0.4 is 4.80 Å². The van der Waals surface area contributed by atoms with Crippen molar-refractivity contribution in [3.63, 3.8) is 0 Å². The fraction of sp³-hybridized carbons (Fsp3) is 0.300. The molecule has 0 unspecified atom stereocenters. The first-order valence-corrected chi connectivity index (χ1v) is 13.8. The lowest BCUT2D eigenvalue weighted by atomic mass is 10.3. The van der Waals surface area contributed by atoms with E-state index in [-0.39, 0.29) is 16.2 Å². The minimum absolute atomic E-state index is 0.0575. The highest BCUT2D eigenvalue weighted by molar-refractivity contribution is 7.91. The average molecular weight is 485 g/mol. The molecule has 3 rings (SSSR count). The molecule has 0 spiro atoms. The van der Waals surface area contributed by atoms with Crippen LogP contribution in [0.25, 0.3) is 10.2 Å². The Hall–Kier alpha value is -2.37. The first-order valence-electron chi connectivity index (χ1n) is 9.40. The van der Waals surface area contributed by atoms with Crippen LogP contribution in [0.15, 0.2) is 57.2 Å². The summed E-state index contributed by atoms with van der Waals surface area (Å²) in [5.41, 5.74) is 0.754. The number of nitrogens with zero attached hydrogens (tertiary/aromatic N) is 2. The minimum atomic E-state index is -3.75. The standard InChI is InChI=1S/C20H21FN2O5S3/c1-3-11-23-17-9-8-16(30(2,25)26)13-18(17)29-20(23)22-19(24)10-12-31(27,28)15-6-4-14(21)5-7-15/h4-9,13H,3,10-12H2,1-2H3. The maximum absolute atomic E-state index is 13.0. The number of fused-ring (bicyclic) bond motifs is 1. The highest BCUT2D eigenvalue weighted by Gasteiger charge is 2.17. The van der Waals surface area contributed by atoms with E-state index in [0.29, 0.717) is 16.0 Å². The van der Waals surface area contributed by atoms with Crippen molar-refractivity contribution in [1.29, 1.82) is 0 Å². The number of aromatic nitrogens is 1. The molecule has 3 aromatic rings. The summed E-state index contributed by atoms with van der Waals surface area (Å²) in [6.07, 6.45) is 1.56. The quantitative estimate of drug-likeness (QED) is 0.480. The van der Waals surface area contributed by atoms with Gasteiger partial charge in [0.25, 0.3) is 0 Å². The van der Waals surface area contributed by atoms with Gasteiger partial charge in [0.15, 0.2) is 24.5 Å². The Morgan fingerprint density at radius 1 is 1.06 bits per heavy atom. The van der Waals surface area contributed by atoms with E-state index in [2.05, 4.69) is 4.99 Å². The van der Waals surface area contributed by atoms with Gasteiger partial charge >= 0.3 is 0 Å². The zero-order chi connectivity index (χ0) is 22.8. The van der Waals surface area contributed by atoms with Gasteiger partial charge in [0.2, 0.25) is 5.91 Å². The molecule has 0 atom stereocenters. The molecule has 0 aliphatic heterocycles. The second kappa shape index (κ2) is 9.01. The van der Waals surface area contributed by atoms with E-state index >= 15 is 0 Å².